The minimum absolute atomic E-state index is 0. The average molecular weight is 602 g/mol. The van der Waals surface area contributed by atoms with Crippen molar-refractivity contribution in [3.63, 3.8) is 0 Å². The van der Waals surface area contributed by atoms with Gasteiger partial charge in [-0.2, -0.15) is 0 Å². The molecule has 0 unspecified atom stereocenters. The molecule has 0 saturated heterocycles. The molecule has 7 aromatic rings. The SMILES string of the molecule is O.[Ga].c1ccc2c(c1)-c1nc-2nc2[nH]c(nc3nc(nc4[nH]c(n1)c1ccccc41)-c1ccccc1-3)c1ccccc21. The Morgan fingerprint density at radius 2 is 0.571 bits per heavy atom. The number of nitrogens with one attached hydrogen (secondary N) is 2. The second-order valence-electron chi connectivity index (χ2n) is 9.79. The summed E-state index contributed by atoms with van der Waals surface area (Å²) in [4.78, 5) is 36.8. The third-order valence-electron chi connectivity index (χ3n) is 7.46. The number of aromatic amines is 2. The Morgan fingerprint density at radius 1 is 0.333 bits per heavy atom. The topological polar surface area (TPSA) is 140 Å². The normalized spacial score (nSPS) is 11.4. The molecule has 2 aliphatic heterocycles. The van der Waals surface area contributed by atoms with Gasteiger partial charge in [-0.05, 0) is 0 Å². The van der Waals surface area contributed by atoms with E-state index < -0.39 is 0 Å². The maximum Gasteiger partial charge on any atom is 0.164 e. The maximum absolute atomic E-state index is 5.02. The van der Waals surface area contributed by atoms with Crippen molar-refractivity contribution < 1.29 is 5.48 Å². The average Bonchev–Trinajstić information content (AvgIpc) is 3.73. The van der Waals surface area contributed by atoms with Crippen LogP contribution in [0.5, 0.6) is 0 Å². The molecule has 2 aliphatic rings. The van der Waals surface area contributed by atoms with Crippen LogP contribution < -0.4 is 0 Å². The van der Waals surface area contributed by atoms with Gasteiger partial charge in [-0.1, -0.05) is 97.1 Å². The summed E-state index contributed by atoms with van der Waals surface area (Å²) in [7, 11) is 0. The minimum Gasteiger partial charge on any atom is -0.412 e. The number of H-pyrrole nitrogens is 2. The molecule has 0 spiro atoms. The molecule has 4 N–H and O–H groups in total. The van der Waals surface area contributed by atoms with E-state index in [0.29, 0.717) is 45.9 Å². The minimum atomic E-state index is 0. The van der Waals surface area contributed by atoms with Crippen LogP contribution in [-0.2, 0) is 0 Å². The van der Waals surface area contributed by atoms with E-state index in [1.165, 1.54) is 0 Å². The van der Waals surface area contributed by atoms with Crippen molar-refractivity contribution in [3.8, 4) is 45.6 Å². The number of hydrogen-bond acceptors (Lipinski definition) is 6. The Kier molecular flexibility index (Phi) is 5.98. The molecule has 3 radical (unpaired) electrons. The van der Waals surface area contributed by atoms with Crippen LogP contribution in [0.3, 0.4) is 0 Å². The Labute approximate surface area is 251 Å². The summed E-state index contributed by atoms with van der Waals surface area (Å²) in [5.74, 6) is 2.39. The van der Waals surface area contributed by atoms with Crippen LogP contribution in [0.2, 0.25) is 0 Å². The van der Waals surface area contributed by atoms with Crippen molar-refractivity contribution in [1.29, 1.82) is 0 Å². The number of rotatable bonds is 0. The third kappa shape index (κ3) is 3.77. The first kappa shape index (κ1) is 25.8. The molecule has 42 heavy (non-hydrogen) atoms. The van der Waals surface area contributed by atoms with Crippen LogP contribution in [0.25, 0.3) is 89.7 Å². The first-order valence-corrected chi connectivity index (χ1v) is 13.0. The van der Waals surface area contributed by atoms with Crippen molar-refractivity contribution in [2.24, 2.45) is 0 Å². The zero-order valence-corrected chi connectivity index (χ0v) is 24.4. The van der Waals surface area contributed by atoms with Gasteiger partial charge in [-0.3, -0.25) is 0 Å². The molecular weight excluding hydrogens is 582 g/mol. The maximum atomic E-state index is 5.02. The van der Waals surface area contributed by atoms with Gasteiger partial charge in [0.15, 0.2) is 23.3 Å². The van der Waals surface area contributed by atoms with Crippen LogP contribution in [0, 0.1) is 0 Å². The number of aromatic nitrogens is 8. The van der Waals surface area contributed by atoms with Crippen molar-refractivity contribution in [2.45, 2.75) is 0 Å². The van der Waals surface area contributed by atoms with Gasteiger partial charge in [-0.15, -0.1) is 0 Å². The molecule has 0 atom stereocenters. The van der Waals surface area contributed by atoms with E-state index in [1.807, 2.05) is 97.1 Å². The molecule has 3 aromatic heterocycles. The van der Waals surface area contributed by atoms with Gasteiger partial charge in [-0.25, -0.2) is 29.9 Å². The van der Waals surface area contributed by atoms with Crippen LogP contribution in [-0.4, -0.2) is 65.1 Å². The standard InChI is InChI=1S/C32H18N8.Ga.H2O/c1-2-10-18-17(9-1)25-33-26(18)38-28-21-13-5-6-14-22(21)30(35-28)40-32-24-16-8-7-15-23(24)31(36-32)39-29-20-12-4-3-11-19(20)27(34-29)37-25;;/h1-16H,(H2,33,34,35,36,37,38,39,40);;1H2. The van der Waals surface area contributed by atoms with Crippen LogP contribution >= 0.6 is 0 Å². The summed E-state index contributed by atoms with van der Waals surface area (Å²) >= 11 is 0. The van der Waals surface area contributed by atoms with Crippen molar-refractivity contribution in [1.82, 2.24) is 39.9 Å². The smallest absolute Gasteiger partial charge is 0.164 e. The molecule has 0 amide bonds. The summed E-state index contributed by atoms with van der Waals surface area (Å²) < 4.78 is 0. The summed E-state index contributed by atoms with van der Waals surface area (Å²) in [5, 5.41) is 3.82. The molecule has 9 rings (SSSR count). The quantitative estimate of drug-likeness (QED) is 0.215. The van der Waals surface area contributed by atoms with E-state index in [1.54, 1.807) is 0 Å². The largest absolute Gasteiger partial charge is 0.412 e. The third-order valence-corrected chi connectivity index (χ3v) is 7.46. The number of benzene rings is 4. The first-order chi connectivity index (χ1) is 19.8. The fraction of sp³-hybridized carbons (Fsp3) is 0. The molecule has 4 aromatic carbocycles. The summed E-state index contributed by atoms with van der Waals surface area (Å²) in [6, 6.07) is 32.2. The van der Waals surface area contributed by atoms with E-state index in [2.05, 4.69) is 9.97 Å². The van der Waals surface area contributed by atoms with Crippen molar-refractivity contribution >= 4 is 63.9 Å². The van der Waals surface area contributed by atoms with E-state index in [9.17, 15) is 0 Å². The van der Waals surface area contributed by atoms with Crippen LogP contribution in [0.15, 0.2) is 97.1 Å². The van der Waals surface area contributed by atoms with Gasteiger partial charge in [0.2, 0.25) is 0 Å². The van der Waals surface area contributed by atoms with E-state index >= 15 is 0 Å². The fourth-order valence-corrected chi connectivity index (χ4v) is 5.59. The summed E-state index contributed by atoms with van der Waals surface area (Å²) in [6.07, 6.45) is 0. The molecule has 5 heterocycles. The summed E-state index contributed by atoms with van der Waals surface area (Å²) in [5.41, 5.74) is 6.45. The Morgan fingerprint density at radius 3 is 0.833 bits per heavy atom. The predicted molar refractivity (Wildman–Crippen MR) is 165 cm³/mol. The van der Waals surface area contributed by atoms with Crippen molar-refractivity contribution in [3.05, 3.63) is 97.1 Å². The van der Waals surface area contributed by atoms with E-state index in [0.717, 1.165) is 43.8 Å². The van der Waals surface area contributed by atoms with Crippen molar-refractivity contribution in [2.75, 3.05) is 0 Å². The van der Waals surface area contributed by atoms with Gasteiger partial charge in [0.1, 0.15) is 22.6 Å². The number of hydrogen-bond donors (Lipinski definition) is 2. The summed E-state index contributed by atoms with van der Waals surface area (Å²) in [6.45, 7) is 0. The second-order valence-corrected chi connectivity index (χ2v) is 9.79. The Bertz CT molecular complexity index is 2040. The molecular formula is C32H20GaN8O. The van der Waals surface area contributed by atoms with Gasteiger partial charge in [0.05, 0.1) is 0 Å². The Balaban J connectivity index is 0.00000144. The zero-order chi connectivity index (χ0) is 26.2. The Hall–Kier alpha value is -5.16. The molecule has 8 bridgehead atoms. The molecule has 0 saturated carbocycles. The fourth-order valence-electron chi connectivity index (χ4n) is 5.59. The monoisotopic (exact) mass is 601 g/mol. The zero-order valence-electron chi connectivity index (χ0n) is 22.0. The molecule has 197 valence electrons. The van der Waals surface area contributed by atoms with Gasteiger partial charge in [0, 0.05) is 63.6 Å². The first-order valence-electron chi connectivity index (χ1n) is 13.0. The van der Waals surface area contributed by atoms with Gasteiger partial charge >= 0.3 is 0 Å². The molecule has 0 fully saturated rings. The van der Waals surface area contributed by atoms with Crippen LogP contribution in [0.1, 0.15) is 0 Å². The number of fused-ring (bicyclic) bond motifs is 20. The molecule has 10 heteroatoms. The molecule has 9 nitrogen and oxygen atoms in total. The predicted octanol–water partition coefficient (Wildman–Crippen LogP) is 5.66. The second kappa shape index (κ2) is 9.74. The van der Waals surface area contributed by atoms with E-state index in [4.69, 9.17) is 29.9 Å². The van der Waals surface area contributed by atoms with Crippen LogP contribution in [0.4, 0.5) is 0 Å². The van der Waals surface area contributed by atoms with E-state index in [-0.39, 0.29) is 25.3 Å². The van der Waals surface area contributed by atoms with Gasteiger partial charge in [0.25, 0.3) is 0 Å². The molecule has 0 aliphatic carbocycles. The van der Waals surface area contributed by atoms with Gasteiger partial charge < -0.3 is 15.4 Å². The number of nitrogens with zero attached hydrogens (tertiary/aromatic N) is 6.